The molecule has 34 heavy (non-hydrogen) atoms. The lowest BCUT2D eigenvalue weighted by molar-refractivity contribution is 0.0519. The minimum atomic E-state index is -0.574. The second-order valence-corrected chi connectivity index (χ2v) is 7.25. The van der Waals surface area contributed by atoms with Gasteiger partial charge in [-0.1, -0.05) is 12.1 Å². The van der Waals surface area contributed by atoms with Gasteiger partial charge in [-0.25, -0.2) is 13.9 Å². The molecule has 168 valence electrons. The molecular formula is C26H19FN4O3. The average molecular weight is 454 g/mol. The summed E-state index contributed by atoms with van der Waals surface area (Å²) in [7, 11) is 0. The second-order valence-electron chi connectivity index (χ2n) is 7.25. The minimum absolute atomic E-state index is 0.105. The minimum Gasteiger partial charge on any atom is -0.461 e. The van der Waals surface area contributed by atoms with E-state index in [2.05, 4.69) is 10.4 Å². The number of amides is 1. The third-order valence-corrected chi connectivity index (χ3v) is 4.96. The van der Waals surface area contributed by atoms with Gasteiger partial charge in [0.05, 0.1) is 29.6 Å². The van der Waals surface area contributed by atoms with Crippen molar-refractivity contribution in [3.8, 4) is 23.0 Å². The summed E-state index contributed by atoms with van der Waals surface area (Å²) in [6.45, 7) is 1.91. The smallest absolute Gasteiger partial charge is 0.358 e. The van der Waals surface area contributed by atoms with Crippen molar-refractivity contribution in [2.24, 2.45) is 0 Å². The molecule has 0 bridgehead atoms. The van der Waals surface area contributed by atoms with Gasteiger partial charge in [-0.2, -0.15) is 10.4 Å². The summed E-state index contributed by atoms with van der Waals surface area (Å²) in [6, 6.07) is 22.7. The van der Waals surface area contributed by atoms with Crippen molar-refractivity contribution >= 4 is 17.6 Å². The number of carbonyl (C=O) groups is 2. The summed E-state index contributed by atoms with van der Waals surface area (Å²) >= 11 is 0. The van der Waals surface area contributed by atoms with Gasteiger partial charge in [0.15, 0.2) is 5.69 Å². The van der Waals surface area contributed by atoms with Gasteiger partial charge < -0.3 is 10.1 Å². The van der Waals surface area contributed by atoms with Crippen molar-refractivity contribution in [3.63, 3.8) is 0 Å². The molecule has 0 unspecified atom stereocenters. The van der Waals surface area contributed by atoms with E-state index in [0.717, 1.165) is 0 Å². The molecule has 0 saturated heterocycles. The van der Waals surface area contributed by atoms with E-state index in [0.29, 0.717) is 33.8 Å². The van der Waals surface area contributed by atoms with Gasteiger partial charge in [-0.15, -0.1) is 0 Å². The number of nitriles is 1. The van der Waals surface area contributed by atoms with E-state index < -0.39 is 11.8 Å². The van der Waals surface area contributed by atoms with Crippen LogP contribution in [0.1, 0.15) is 33.3 Å². The zero-order valence-corrected chi connectivity index (χ0v) is 18.2. The maximum atomic E-state index is 13.5. The summed E-state index contributed by atoms with van der Waals surface area (Å²) in [6.07, 6.45) is 0. The Balaban J connectivity index is 1.69. The second kappa shape index (κ2) is 9.79. The van der Waals surface area contributed by atoms with Crippen molar-refractivity contribution in [1.29, 1.82) is 5.26 Å². The van der Waals surface area contributed by atoms with Gasteiger partial charge in [0.25, 0.3) is 5.91 Å². The van der Waals surface area contributed by atoms with E-state index in [-0.39, 0.29) is 18.2 Å². The Morgan fingerprint density at radius 3 is 2.47 bits per heavy atom. The number of hydrogen-bond donors (Lipinski definition) is 1. The number of nitrogens with zero attached hydrogens (tertiary/aromatic N) is 3. The fourth-order valence-corrected chi connectivity index (χ4v) is 3.33. The Kier molecular flexibility index (Phi) is 6.46. The monoisotopic (exact) mass is 454 g/mol. The van der Waals surface area contributed by atoms with Crippen LogP contribution >= 0.6 is 0 Å². The van der Waals surface area contributed by atoms with Crippen LogP contribution in [-0.2, 0) is 4.74 Å². The highest BCUT2D eigenvalue weighted by atomic mass is 19.1. The van der Waals surface area contributed by atoms with Crippen molar-refractivity contribution in [2.75, 3.05) is 11.9 Å². The van der Waals surface area contributed by atoms with E-state index in [1.807, 2.05) is 12.1 Å². The fraction of sp³-hybridized carbons (Fsp3) is 0.0769. The molecule has 0 aliphatic heterocycles. The molecule has 4 rings (SSSR count). The van der Waals surface area contributed by atoms with Crippen LogP contribution in [0.15, 0.2) is 78.9 Å². The van der Waals surface area contributed by atoms with Crippen LogP contribution in [0.5, 0.6) is 0 Å². The number of esters is 1. The zero-order chi connectivity index (χ0) is 24.1. The third kappa shape index (κ3) is 4.84. The summed E-state index contributed by atoms with van der Waals surface area (Å²) in [4.78, 5) is 24.9. The highest BCUT2D eigenvalue weighted by Gasteiger charge is 2.18. The number of nitrogens with one attached hydrogen (secondary N) is 1. The van der Waals surface area contributed by atoms with Crippen LogP contribution < -0.4 is 5.32 Å². The van der Waals surface area contributed by atoms with Gasteiger partial charge in [-0.3, -0.25) is 4.79 Å². The Morgan fingerprint density at radius 1 is 1.06 bits per heavy atom. The quantitative estimate of drug-likeness (QED) is 0.415. The van der Waals surface area contributed by atoms with Crippen molar-refractivity contribution < 1.29 is 18.7 Å². The molecule has 0 radical (unpaired) electrons. The molecule has 0 aliphatic rings. The largest absolute Gasteiger partial charge is 0.461 e. The van der Waals surface area contributed by atoms with E-state index in [1.54, 1.807) is 67.6 Å². The molecular weight excluding hydrogens is 435 g/mol. The van der Waals surface area contributed by atoms with Gasteiger partial charge in [-0.05, 0) is 73.7 Å². The van der Waals surface area contributed by atoms with Gasteiger partial charge in [0, 0.05) is 16.8 Å². The lowest BCUT2D eigenvalue weighted by atomic mass is 10.1. The normalized spacial score (nSPS) is 10.4. The predicted molar refractivity (Wildman–Crippen MR) is 124 cm³/mol. The number of carbonyl (C=O) groups excluding carboxylic acids is 2. The van der Waals surface area contributed by atoms with Gasteiger partial charge >= 0.3 is 5.97 Å². The Hall–Kier alpha value is -4.77. The first-order valence-electron chi connectivity index (χ1n) is 10.4. The van der Waals surface area contributed by atoms with E-state index in [9.17, 15) is 14.0 Å². The number of ether oxygens (including phenoxy) is 1. The zero-order valence-electron chi connectivity index (χ0n) is 18.2. The number of anilines is 1. The molecule has 1 N–H and O–H groups in total. The number of halogens is 1. The predicted octanol–water partition coefficient (Wildman–Crippen LogP) is 4.98. The highest BCUT2D eigenvalue weighted by molar-refractivity contribution is 6.04. The molecule has 0 spiro atoms. The summed E-state index contributed by atoms with van der Waals surface area (Å²) in [5.41, 5.74) is 3.29. The van der Waals surface area contributed by atoms with E-state index in [4.69, 9.17) is 10.00 Å². The van der Waals surface area contributed by atoms with Crippen LogP contribution in [0, 0.1) is 17.1 Å². The standard InChI is InChI=1S/C26H19FN4O3/c1-2-34-26(33)23-15-24(31(30-23)22-12-10-20(27)11-13-22)19-4-3-5-21(14-19)29-25(32)18-8-6-17(16-28)7-9-18/h3-15H,2H2,1H3,(H,29,32). The molecule has 0 fully saturated rings. The molecule has 4 aromatic rings. The lowest BCUT2D eigenvalue weighted by Crippen LogP contribution is -2.11. The maximum absolute atomic E-state index is 13.5. The molecule has 7 nitrogen and oxygen atoms in total. The molecule has 3 aromatic carbocycles. The van der Waals surface area contributed by atoms with E-state index >= 15 is 0 Å². The molecule has 8 heteroatoms. The summed E-state index contributed by atoms with van der Waals surface area (Å²) < 4.78 is 20.1. The number of benzene rings is 3. The number of hydrogen-bond acceptors (Lipinski definition) is 5. The topological polar surface area (TPSA) is 97.0 Å². The number of rotatable bonds is 6. The first-order chi connectivity index (χ1) is 16.5. The van der Waals surface area contributed by atoms with Gasteiger partial charge in [0.2, 0.25) is 0 Å². The van der Waals surface area contributed by atoms with Crippen molar-refractivity contribution in [2.45, 2.75) is 6.92 Å². The van der Waals surface area contributed by atoms with E-state index in [1.165, 1.54) is 16.8 Å². The summed E-state index contributed by atoms with van der Waals surface area (Å²) in [5, 5.41) is 16.1. The van der Waals surface area contributed by atoms with Crippen LogP contribution in [0.4, 0.5) is 10.1 Å². The fourth-order valence-electron chi connectivity index (χ4n) is 3.33. The third-order valence-electron chi connectivity index (χ3n) is 4.96. The first-order valence-corrected chi connectivity index (χ1v) is 10.4. The Bertz CT molecular complexity index is 1390. The highest BCUT2D eigenvalue weighted by Crippen LogP contribution is 2.27. The first kappa shape index (κ1) is 22.4. The Labute approximate surface area is 195 Å². The molecule has 0 aliphatic carbocycles. The molecule has 0 atom stereocenters. The van der Waals surface area contributed by atoms with Crippen molar-refractivity contribution in [3.05, 3.63) is 102 Å². The van der Waals surface area contributed by atoms with Crippen LogP contribution in [0.2, 0.25) is 0 Å². The van der Waals surface area contributed by atoms with Gasteiger partial charge in [0.1, 0.15) is 5.82 Å². The molecule has 1 heterocycles. The molecule has 0 saturated carbocycles. The lowest BCUT2D eigenvalue weighted by Gasteiger charge is -2.10. The SMILES string of the molecule is CCOC(=O)c1cc(-c2cccc(NC(=O)c3ccc(C#N)cc3)c2)n(-c2ccc(F)cc2)n1. The van der Waals surface area contributed by atoms with Crippen LogP contribution in [-0.4, -0.2) is 28.3 Å². The van der Waals surface area contributed by atoms with Crippen LogP contribution in [0.3, 0.4) is 0 Å². The molecule has 1 amide bonds. The molecule has 1 aromatic heterocycles. The van der Waals surface area contributed by atoms with Crippen molar-refractivity contribution in [1.82, 2.24) is 9.78 Å². The van der Waals surface area contributed by atoms with Crippen LogP contribution in [0.25, 0.3) is 16.9 Å². The maximum Gasteiger partial charge on any atom is 0.358 e. The average Bonchev–Trinajstić information content (AvgIpc) is 3.31. The summed E-state index contributed by atoms with van der Waals surface area (Å²) in [5.74, 6) is -1.30. The Morgan fingerprint density at radius 2 is 1.79 bits per heavy atom. The number of aromatic nitrogens is 2.